The molecule has 3 rings (SSSR count). The number of phenolic OH excluding ortho intramolecular Hbond substituents is 1. The number of aromatic hydroxyl groups is 1. The molecule has 1 aliphatic heterocycles. The molecule has 5 heteroatoms. The number of carbonyl (C=O) groups excluding carboxylic acids is 1. The number of nitrogens with zero attached hydrogens (tertiary/aromatic N) is 1. The molecule has 2 fully saturated rings. The van der Waals surface area contributed by atoms with E-state index in [1.54, 1.807) is 12.1 Å². The Labute approximate surface area is 123 Å². The van der Waals surface area contributed by atoms with Crippen molar-refractivity contribution in [1.29, 1.82) is 0 Å². The Kier molecular flexibility index (Phi) is 3.85. The predicted octanol–water partition coefficient (Wildman–Crippen LogP) is 2.83. The van der Waals surface area contributed by atoms with Crippen molar-refractivity contribution in [2.75, 3.05) is 13.2 Å². The van der Waals surface area contributed by atoms with Crippen LogP contribution in [-0.2, 0) is 4.74 Å². The molecular formula is C15H18ClNO3. The summed E-state index contributed by atoms with van der Waals surface area (Å²) in [6.07, 6.45) is 4.43. The van der Waals surface area contributed by atoms with Gasteiger partial charge in [-0.25, -0.2) is 0 Å². The highest BCUT2D eigenvalue weighted by atomic mass is 35.5. The minimum Gasteiger partial charge on any atom is -0.507 e. The Morgan fingerprint density at radius 1 is 1.35 bits per heavy atom. The molecule has 2 aliphatic rings. The molecule has 20 heavy (non-hydrogen) atoms. The number of morpholine rings is 1. The average molecular weight is 296 g/mol. The molecule has 1 saturated carbocycles. The van der Waals surface area contributed by atoms with Gasteiger partial charge in [0.2, 0.25) is 0 Å². The third-order valence-electron chi connectivity index (χ3n) is 4.18. The van der Waals surface area contributed by atoms with E-state index in [1.807, 2.05) is 4.90 Å². The second-order valence-corrected chi connectivity index (χ2v) is 5.86. The summed E-state index contributed by atoms with van der Waals surface area (Å²) < 4.78 is 5.77. The van der Waals surface area contributed by atoms with Crippen molar-refractivity contribution in [3.05, 3.63) is 28.8 Å². The smallest absolute Gasteiger partial charge is 0.258 e. The van der Waals surface area contributed by atoms with Crippen molar-refractivity contribution < 1.29 is 14.6 Å². The molecule has 0 radical (unpaired) electrons. The minimum atomic E-state index is -0.126. The molecule has 108 valence electrons. The van der Waals surface area contributed by atoms with Crippen LogP contribution in [0.4, 0.5) is 0 Å². The Morgan fingerprint density at radius 3 is 2.95 bits per heavy atom. The van der Waals surface area contributed by atoms with E-state index < -0.39 is 0 Å². The first-order valence-electron chi connectivity index (χ1n) is 7.08. The lowest BCUT2D eigenvalue weighted by atomic mass is 9.89. The van der Waals surface area contributed by atoms with Gasteiger partial charge in [0, 0.05) is 11.6 Å². The molecule has 0 spiro atoms. The van der Waals surface area contributed by atoms with Gasteiger partial charge in [-0.3, -0.25) is 4.79 Å². The topological polar surface area (TPSA) is 49.8 Å². The molecule has 2 atom stereocenters. The number of phenols is 1. The molecule has 1 heterocycles. The fourth-order valence-electron chi connectivity index (χ4n) is 3.19. The van der Waals surface area contributed by atoms with Crippen LogP contribution in [0.25, 0.3) is 0 Å². The molecule has 1 aliphatic carbocycles. The van der Waals surface area contributed by atoms with E-state index in [9.17, 15) is 9.90 Å². The van der Waals surface area contributed by atoms with E-state index in [0.29, 0.717) is 23.7 Å². The second-order valence-electron chi connectivity index (χ2n) is 5.42. The molecule has 1 N–H and O–H groups in total. The summed E-state index contributed by atoms with van der Waals surface area (Å²) in [6, 6.07) is 4.77. The zero-order valence-corrected chi connectivity index (χ0v) is 12.0. The number of hydrogen-bond acceptors (Lipinski definition) is 3. The number of hydrogen-bond donors (Lipinski definition) is 1. The van der Waals surface area contributed by atoms with Crippen molar-refractivity contribution in [3.63, 3.8) is 0 Å². The van der Waals surface area contributed by atoms with Gasteiger partial charge in [-0.1, -0.05) is 24.4 Å². The maximum absolute atomic E-state index is 12.7. The minimum absolute atomic E-state index is 0.0543. The summed E-state index contributed by atoms with van der Waals surface area (Å²) >= 11 is 5.81. The predicted molar refractivity (Wildman–Crippen MR) is 76.1 cm³/mol. The Balaban J connectivity index is 1.85. The van der Waals surface area contributed by atoms with Gasteiger partial charge in [0.25, 0.3) is 5.91 Å². The highest BCUT2D eigenvalue weighted by Crippen LogP contribution is 2.31. The fourth-order valence-corrected chi connectivity index (χ4v) is 3.36. The summed E-state index contributed by atoms with van der Waals surface area (Å²) in [6.45, 7) is 1.16. The third-order valence-corrected chi connectivity index (χ3v) is 4.42. The standard InChI is InChI=1S/C15H18ClNO3/c16-10-5-6-11(13(18)9-10)15(19)17-7-8-20-14-4-2-1-3-12(14)17/h5-6,9,12,14,18H,1-4,7-8H2. The normalized spacial score (nSPS) is 26.1. The first kappa shape index (κ1) is 13.7. The summed E-state index contributed by atoms with van der Waals surface area (Å²) in [5.74, 6) is -0.180. The molecule has 1 aromatic rings. The lowest BCUT2D eigenvalue weighted by molar-refractivity contribution is -0.0753. The number of ether oxygens (including phenoxy) is 1. The molecule has 0 aromatic heterocycles. The van der Waals surface area contributed by atoms with Gasteiger partial charge < -0.3 is 14.7 Å². The lowest BCUT2D eigenvalue weighted by Crippen LogP contribution is -2.54. The van der Waals surface area contributed by atoms with Crippen LogP contribution in [0.1, 0.15) is 36.0 Å². The van der Waals surface area contributed by atoms with Gasteiger partial charge in [-0.15, -0.1) is 0 Å². The van der Waals surface area contributed by atoms with Gasteiger partial charge in [0.15, 0.2) is 0 Å². The number of amides is 1. The first-order chi connectivity index (χ1) is 9.66. The van der Waals surface area contributed by atoms with Gasteiger partial charge >= 0.3 is 0 Å². The molecular weight excluding hydrogens is 278 g/mol. The second kappa shape index (κ2) is 5.62. The summed E-state index contributed by atoms with van der Waals surface area (Å²) in [7, 11) is 0. The quantitative estimate of drug-likeness (QED) is 0.867. The molecule has 4 nitrogen and oxygen atoms in total. The summed E-state index contributed by atoms with van der Waals surface area (Å²) in [4.78, 5) is 14.5. The number of carbonyl (C=O) groups is 1. The van der Waals surface area contributed by atoms with Crippen LogP contribution in [0.5, 0.6) is 5.75 Å². The van der Waals surface area contributed by atoms with Crippen molar-refractivity contribution >= 4 is 17.5 Å². The number of halogens is 1. The first-order valence-corrected chi connectivity index (χ1v) is 7.45. The van der Waals surface area contributed by atoms with Gasteiger partial charge in [0.1, 0.15) is 5.75 Å². The average Bonchev–Trinajstić information content (AvgIpc) is 2.46. The maximum Gasteiger partial charge on any atom is 0.258 e. The monoisotopic (exact) mass is 295 g/mol. The van der Waals surface area contributed by atoms with Crippen LogP contribution in [0, 0.1) is 0 Å². The van der Waals surface area contributed by atoms with Crippen molar-refractivity contribution in [1.82, 2.24) is 4.90 Å². The van der Waals surface area contributed by atoms with E-state index in [2.05, 4.69) is 0 Å². The van der Waals surface area contributed by atoms with E-state index in [0.717, 1.165) is 25.7 Å². The van der Waals surface area contributed by atoms with Crippen molar-refractivity contribution in [3.8, 4) is 5.75 Å². The van der Waals surface area contributed by atoms with Crippen molar-refractivity contribution in [2.45, 2.75) is 37.8 Å². The van der Waals surface area contributed by atoms with E-state index in [1.165, 1.54) is 6.07 Å². The van der Waals surface area contributed by atoms with E-state index >= 15 is 0 Å². The van der Waals surface area contributed by atoms with Crippen LogP contribution in [0.2, 0.25) is 5.02 Å². The largest absolute Gasteiger partial charge is 0.507 e. The molecule has 1 saturated heterocycles. The van der Waals surface area contributed by atoms with Gasteiger partial charge in [-0.05, 0) is 31.0 Å². The van der Waals surface area contributed by atoms with Crippen LogP contribution >= 0.6 is 11.6 Å². The van der Waals surface area contributed by atoms with E-state index in [4.69, 9.17) is 16.3 Å². The van der Waals surface area contributed by atoms with Crippen LogP contribution < -0.4 is 0 Å². The van der Waals surface area contributed by atoms with Crippen LogP contribution in [0.15, 0.2) is 18.2 Å². The van der Waals surface area contributed by atoms with E-state index in [-0.39, 0.29) is 23.8 Å². The number of fused-ring (bicyclic) bond motifs is 1. The van der Waals surface area contributed by atoms with Gasteiger partial charge in [-0.2, -0.15) is 0 Å². The molecule has 0 bridgehead atoms. The molecule has 1 amide bonds. The summed E-state index contributed by atoms with van der Waals surface area (Å²) in [5.41, 5.74) is 0.320. The third kappa shape index (κ3) is 2.50. The SMILES string of the molecule is O=C(c1ccc(Cl)cc1O)N1CCOC2CCCCC21. The Bertz CT molecular complexity index is 518. The Morgan fingerprint density at radius 2 is 2.15 bits per heavy atom. The molecule has 1 aromatic carbocycles. The molecule has 2 unspecified atom stereocenters. The number of benzene rings is 1. The highest BCUT2D eigenvalue weighted by molar-refractivity contribution is 6.30. The summed E-state index contributed by atoms with van der Waals surface area (Å²) in [5, 5.41) is 10.4. The fraction of sp³-hybridized carbons (Fsp3) is 0.533. The van der Waals surface area contributed by atoms with Crippen LogP contribution in [0.3, 0.4) is 0 Å². The Hall–Kier alpha value is -1.26. The van der Waals surface area contributed by atoms with Crippen LogP contribution in [-0.4, -0.2) is 41.2 Å². The zero-order valence-electron chi connectivity index (χ0n) is 11.2. The zero-order chi connectivity index (χ0) is 14.1. The maximum atomic E-state index is 12.7. The van der Waals surface area contributed by atoms with Crippen molar-refractivity contribution in [2.24, 2.45) is 0 Å². The lowest BCUT2D eigenvalue weighted by Gasteiger charge is -2.43. The highest BCUT2D eigenvalue weighted by Gasteiger charge is 2.37. The number of rotatable bonds is 1. The van der Waals surface area contributed by atoms with Gasteiger partial charge in [0.05, 0.1) is 24.3 Å².